The number of nitrogens with one attached hydrogen (secondary N) is 1. The standard InChI is InChI=1S/C14H35NO4Si2/c1-7-20(16-3,17-4)13-9-11-15-12-10-14-21(8-2,18-5)19-6/h15H,7-14H2,1-6H3. The third-order valence-electron chi connectivity index (χ3n) is 4.39. The van der Waals surface area contributed by atoms with Crippen molar-refractivity contribution in [1.82, 2.24) is 5.32 Å². The largest absolute Gasteiger partial charge is 0.398 e. The summed E-state index contributed by atoms with van der Waals surface area (Å²) in [6.07, 6.45) is 2.21. The molecular formula is C14H35NO4Si2. The molecular weight excluding hydrogens is 302 g/mol. The molecule has 0 spiro atoms. The molecule has 0 heterocycles. The van der Waals surface area contributed by atoms with Crippen LogP contribution < -0.4 is 5.32 Å². The van der Waals surface area contributed by atoms with Crippen LogP contribution in [-0.2, 0) is 17.7 Å². The average molecular weight is 338 g/mol. The Morgan fingerprint density at radius 3 is 1.24 bits per heavy atom. The van der Waals surface area contributed by atoms with Gasteiger partial charge in [-0.05, 0) is 50.1 Å². The van der Waals surface area contributed by atoms with Gasteiger partial charge in [0.15, 0.2) is 0 Å². The number of hydrogen-bond acceptors (Lipinski definition) is 5. The molecule has 1 N–H and O–H groups in total. The van der Waals surface area contributed by atoms with E-state index < -0.39 is 17.1 Å². The molecule has 7 heteroatoms. The lowest BCUT2D eigenvalue weighted by Crippen LogP contribution is -2.40. The highest BCUT2D eigenvalue weighted by Gasteiger charge is 2.33. The van der Waals surface area contributed by atoms with E-state index in [-0.39, 0.29) is 0 Å². The van der Waals surface area contributed by atoms with Crippen LogP contribution in [0.1, 0.15) is 26.7 Å². The molecule has 0 radical (unpaired) electrons. The maximum absolute atomic E-state index is 5.61. The van der Waals surface area contributed by atoms with Gasteiger partial charge in [0, 0.05) is 28.4 Å². The van der Waals surface area contributed by atoms with Crippen molar-refractivity contribution in [2.45, 2.75) is 50.9 Å². The van der Waals surface area contributed by atoms with Crippen LogP contribution in [0.3, 0.4) is 0 Å². The van der Waals surface area contributed by atoms with E-state index in [1.54, 1.807) is 28.4 Å². The highest BCUT2D eigenvalue weighted by atomic mass is 28.4. The van der Waals surface area contributed by atoms with E-state index in [0.717, 1.165) is 50.1 Å². The van der Waals surface area contributed by atoms with E-state index >= 15 is 0 Å². The van der Waals surface area contributed by atoms with Gasteiger partial charge in [0.25, 0.3) is 0 Å². The first-order chi connectivity index (χ1) is 10.1. The van der Waals surface area contributed by atoms with Crippen molar-refractivity contribution < 1.29 is 17.7 Å². The molecule has 5 nitrogen and oxygen atoms in total. The smallest absolute Gasteiger partial charge is 0.337 e. The van der Waals surface area contributed by atoms with Crippen LogP contribution in [0.15, 0.2) is 0 Å². The van der Waals surface area contributed by atoms with Crippen LogP contribution in [0.4, 0.5) is 0 Å². The van der Waals surface area contributed by atoms with Gasteiger partial charge in [-0.25, -0.2) is 0 Å². The van der Waals surface area contributed by atoms with Gasteiger partial charge in [0.05, 0.1) is 0 Å². The Morgan fingerprint density at radius 1 is 0.667 bits per heavy atom. The van der Waals surface area contributed by atoms with E-state index in [0.29, 0.717) is 0 Å². The normalized spacial score (nSPS) is 12.9. The summed E-state index contributed by atoms with van der Waals surface area (Å²) >= 11 is 0. The molecule has 0 fully saturated rings. The van der Waals surface area contributed by atoms with Crippen molar-refractivity contribution in [2.75, 3.05) is 41.5 Å². The molecule has 0 saturated carbocycles. The lowest BCUT2D eigenvalue weighted by Gasteiger charge is -2.26. The summed E-state index contributed by atoms with van der Waals surface area (Å²) in [5.41, 5.74) is 0. The molecule has 0 aromatic rings. The van der Waals surface area contributed by atoms with Crippen LogP contribution in [0.2, 0.25) is 24.2 Å². The third-order valence-corrected chi connectivity index (χ3v) is 11.7. The second-order valence-electron chi connectivity index (χ2n) is 5.30. The van der Waals surface area contributed by atoms with Crippen molar-refractivity contribution in [3.05, 3.63) is 0 Å². The van der Waals surface area contributed by atoms with Crippen LogP contribution in [-0.4, -0.2) is 58.7 Å². The van der Waals surface area contributed by atoms with E-state index in [1.807, 2.05) is 0 Å². The highest BCUT2D eigenvalue weighted by molar-refractivity contribution is 6.67. The minimum absolute atomic E-state index is 1.01. The van der Waals surface area contributed by atoms with Crippen molar-refractivity contribution in [3.63, 3.8) is 0 Å². The fourth-order valence-corrected chi connectivity index (χ4v) is 7.04. The molecule has 0 atom stereocenters. The highest BCUT2D eigenvalue weighted by Crippen LogP contribution is 2.19. The summed E-state index contributed by atoms with van der Waals surface area (Å²) in [6.45, 7) is 6.33. The Balaban J connectivity index is 3.78. The fraction of sp³-hybridized carbons (Fsp3) is 1.00. The van der Waals surface area contributed by atoms with E-state index in [9.17, 15) is 0 Å². The fourth-order valence-electron chi connectivity index (χ4n) is 2.60. The quantitative estimate of drug-likeness (QED) is 0.390. The van der Waals surface area contributed by atoms with Crippen molar-refractivity contribution >= 4 is 17.1 Å². The van der Waals surface area contributed by atoms with E-state index in [4.69, 9.17) is 17.7 Å². The lowest BCUT2D eigenvalue weighted by molar-refractivity contribution is 0.241. The molecule has 0 unspecified atom stereocenters. The SMILES string of the molecule is CC[Si](CCCNCCC[Si](CC)(OC)OC)(OC)OC. The Bertz CT molecular complexity index is 209. The monoisotopic (exact) mass is 337 g/mol. The second kappa shape index (κ2) is 11.8. The molecule has 21 heavy (non-hydrogen) atoms. The molecule has 0 saturated heterocycles. The van der Waals surface area contributed by atoms with Gasteiger partial charge in [-0.2, -0.15) is 0 Å². The summed E-state index contributed by atoms with van der Waals surface area (Å²) < 4.78 is 22.5. The van der Waals surface area contributed by atoms with Crippen LogP contribution >= 0.6 is 0 Å². The molecule has 0 aliphatic rings. The zero-order valence-electron chi connectivity index (χ0n) is 14.8. The summed E-state index contributed by atoms with van der Waals surface area (Å²) in [5.74, 6) is 0. The first-order valence-electron chi connectivity index (χ1n) is 7.99. The molecule has 0 aromatic carbocycles. The van der Waals surface area contributed by atoms with Crippen molar-refractivity contribution in [2.24, 2.45) is 0 Å². The molecule has 0 amide bonds. The first kappa shape index (κ1) is 21.2. The Morgan fingerprint density at radius 2 is 1.00 bits per heavy atom. The van der Waals surface area contributed by atoms with Gasteiger partial charge in [-0.3, -0.25) is 0 Å². The molecule has 0 aliphatic heterocycles. The number of rotatable bonds is 14. The Kier molecular flexibility index (Phi) is 11.9. The zero-order chi connectivity index (χ0) is 16.2. The summed E-state index contributed by atoms with van der Waals surface area (Å²) in [5, 5.41) is 3.50. The van der Waals surface area contributed by atoms with Gasteiger partial charge in [-0.1, -0.05) is 13.8 Å². The minimum atomic E-state index is -1.91. The zero-order valence-corrected chi connectivity index (χ0v) is 16.8. The lowest BCUT2D eigenvalue weighted by atomic mass is 10.4. The Hall–Kier alpha value is 0.234. The molecule has 0 rings (SSSR count). The maximum atomic E-state index is 5.61. The van der Waals surface area contributed by atoms with Gasteiger partial charge in [-0.15, -0.1) is 0 Å². The van der Waals surface area contributed by atoms with Crippen LogP contribution in [0.5, 0.6) is 0 Å². The van der Waals surface area contributed by atoms with Gasteiger partial charge in [0.2, 0.25) is 0 Å². The van der Waals surface area contributed by atoms with Gasteiger partial charge < -0.3 is 23.0 Å². The summed E-state index contributed by atoms with van der Waals surface area (Å²) in [4.78, 5) is 0. The molecule has 0 aliphatic carbocycles. The Labute approximate surface area is 133 Å². The third kappa shape index (κ3) is 7.36. The average Bonchev–Trinajstić information content (AvgIpc) is 2.55. The van der Waals surface area contributed by atoms with Crippen molar-refractivity contribution in [3.8, 4) is 0 Å². The van der Waals surface area contributed by atoms with Crippen LogP contribution in [0, 0.1) is 0 Å². The van der Waals surface area contributed by atoms with E-state index in [2.05, 4.69) is 19.2 Å². The van der Waals surface area contributed by atoms with Crippen molar-refractivity contribution in [1.29, 1.82) is 0 Å². The van der Waals surface area contributed by atoms with E-state index in [1.165, 1.54) is 0 Å². The predicted molar refractivity (Wildman–Crippen MR) is 92.2 cm³/mol. The van der Waals surface area contributed by atoms with Crippen LogP contribution in [0.25, 0.3) is 0 Å². The summed E-state index contributed by atoms with van der Waals surface area (Å²) in [6, 6.07) is 4.11. The molecule has 128 valence electrons. The van der Waals surface area contributed by atoms with Gasteiger partial charge >= 0.3 is 17.1 Å². The second-order valence-corrected chi connectivity index (χ2v) is 13.0. The first-order valence-corrected chi connectivity index (χ1v) is 12.4. The molecule has 0 aromatic heterocycles. The topological polar surface area (TPSA) is 49.0 Å². The number of hydrogen-bond donors (Lipinski definition) is 1. The summed E-state index contributed by atoms with van der Waals surface area (Å²) in [7, 11) is 3.29. The predicted octanol–water partition coefficient (Wildman–Crippen LogP) is 2.87. The maximum Gasteiger partial charge on any atom is 0.337 e. The minimum Gasteiger partial charge on any atom is -0.398 e. The molecule has 0 bridgehead atoms. The van der Waals surface area contributed by atoms with Gasteiger partial charge in [0.1, 0.15) is 0 Å².